The molecule has 3 N–H and O–H groups in total. The van der Waals surface area contributed by atoms with Crippen LogP contribution in [0.1, 0.15) is 43.6 Å². The summed E-state index contributed by atoms with van der Waals surface area (Å²) in [5.41, 5.74) is -1.69. The molecule has 0 aliphatic rings. The lowest BCUT2D eigenvalue weighted by molar-refractivity contribution is 0.0239. The number of aromatic nitrogens is 5. The number of pyridine rings is 1. The van der Waals surface area contributed by atoms with E-state index in [1.807, 2.05) is 13.8 Å². The molecule has 5 aromatic rings. The van der Waals surface area contributed by atoms with Crippen LogP contribution >= 0.6 is 0 Å². The highest BCUT2D eigenvalue weighted by Crippen LogP contribution is 2.36. The van der Waals surface area contributed by atoms with Gasteiger partial charge in [0.15, 0.2) is 28.8 Å². The molecule has 0 radical (unpaired) electrons. The van der Waals surface area contributed by atoms with Crippen molar-refractivity contribution in [2.75, 3.05) is 5.32 Å². The molecule has 0 aliphatic carbocycles. The smallest absolute Gasteiger partial charge is 0.282 e. The van der Waals surface area contributed by atoms with Crippen molar-refractivity contribution in [3.63, 3.8) is 0 Å². The lowest BCUT2D eigenvalue weighted by atomic mass is 9.86. The van der Waals surface area contributed by atoms with Gasteiger partial charge >= 0.3 is 0 Å². The molecule has 0 spiro atoms. The Morgan fingerprint density at radius 1 is 1.02 bits per heavy atom. The Morgan fingerprint density at radius 3 is 2.45 bits per heavy atom. The van der Waals surface area contributed by atoms with Crippen molar-refractivity contribution in [2.45, 2.75) is 45.3 Å². The first-order valence-corrected chi connectivity index (χ1v) is 13.0. The van der Waals surface area contributed by atoms with Gasteiger partial charge in [0, 0.05) is 24.9 Å². The molecule has 10 nitrogen and oxygen atoms in total. The highest BCUT2D eigenvalue weighted by atomic mass is 19.1. The van der Waals surface area contributed by atoms with Gasteiger partial charge in [-0.15, -0.1) is 0 Å². The minimum atomic E-state index is -1.11. The normalized spacial score (nSPS) is 12.0. The number of hydrogen-bond acceptors (Lipinski definition) is 8. The fraction of sp³-hybridized carbons (Fsp3) is 0.233. The molecule has 3 heterocycles. The molecule has 216 valence electrons. The van der Waals surface area contributed by atoms with Gasteiger partial charge in [0.05, 0.1) is 22.4 Å². The topological polar surface area (TPSA) is 135 Å². The average molecular weight is 575 g/mol. The van der Waals surface area contributed by atoms with Crippen molar-refractivity contribution in [2.24, 2.45) is 0 Å². The molecule has 0 unspecified atom stereocenters. The summed E-state index contributed by atoms with van der Waals surface area (Å²) in [6.45, 7) is 6.96. The number of Topliss-reactive ketones (excluding diaryl/α,β-unsaturated/α-hetero) is 1. The molecule has 0 bridgehead atoms. The number of halogens is 2. The summed E-state index contributed by atoms with van der Waals surface area (Å²) >= 11 is 0. The number of ketones is 1. The van der Waals surface area contributed by atoms with Crippen molar-refractivity contribution >= 4 is 22.6 Å². The quantitative estimate of drug-likeness (QED) is 0.210. The maximum atomic E-state index is 15.2. The summed E-state index contributed by atoms with van der Waals surface area (Å²) in [5, 5.41) is 25.3. The molecule has 12 heteroatoms. The zero-order valence-corrected chi connectivity index (χ0v) is 23.3. The Labute approximate surface area is 239 Å². The standard InChI is InChI=1S/C30H28F2N6O4/c1-29(2,30(3,4)41)35-27-25-24(12-13-33-26(25)36-37-27)42-23-10-5-17(15-21(23)32)16-22(39)20-11-14-34-38(28(20)40)19-8-6-18(31)7-9-19/h5-15,41H,16H2,1-4H3,(H2,33,35,36,37). The molecular weight excluding hydrogens is 546 g/mol. The number of ether oxygens (including phenoxy) is 1. The van der Waals surface area contributed by atoms with Gasteiger partial charge in [-0.2, -0.15) is 14.9 Å². The van der Waals surface area contributed by atoms with Crippen molar-refractivity contribution in [3.8, 4) is 17.2 Å². The molecular formula is C30H28F2N6O4. The SMILES string of the molecule is CC(C)(O)C(C)(C)Nc1n[nH]c2nccc(Oc3ccc(CC(=O)c4ccnn(-c5ccc(F)cc5)c4=O)cc3F)c12. The minimum Gasteiger partial charge on any atom is -0.453 e. The van der Waals surface area contributed by atoms with Crippen LogP contribution < -0.4 is 15.6 Å². The minimum absolute atomic E-state index is 0.102. The number of nitrogens with zero attached hydrogens (tertiary/aromatic N) is 4. The van der Waals surface area contributed by atoms with Gasteiger partial charge in [-0.05, 0) is 75.7 Å². The van der Waals surface area contributed by atoms with Crippen LogP contribution in [0.2, 0.25) is 0 Å². The molecule has 0 aliphatic heterocycles. The lowest BCUT2D eigenvalue weighted by Gasteiger charge is -2.38. The summed E-state index contributed by atoms with van der Waals surface area (Å²) in [5.74, 6) is -1.20. The largest absolute Gasteiger partial charge is 0.453 e. The Balaban J connectivity index is 1.37. The van der Waals surface area contributed by atoms with Crippen molar-refractivity contribution in [3.05, 3.63) is 100 Å². The van der Waals surface area contributed by atoms with Gasteiger partial charge in [-0.1, -0.05) is 6.07 Å². The Kier molecular flexibility index (Phi) is 7.33. The fourth-order valence-electron chi connectivity index (χ4n) is 4.07. The van der Waals surface area contributed by atoms with Gasteiger partial charge in [0.1, 0.15) is 17.0 Å². The monoisotopic (exact) mass is 574 g/mol. The number of carbonyl (C=O) groups is 1. The molecule has 0 saturated carbocycles. The highest BCUT2D eigenvalue weighted by molar-refractivity contribution is 5.97. The zero-order chi connectivity index (χ0) is 30.2. The number of fused-ring (bicyclic) bond motifs is 1. The summed E-state index contributed by atoms with van der Waals surface area (Å²) in [4.78, 5) is 30.2. The molecule has 0 fully saturated rings. The van der Waals surface area contributed by atoms with E-state index in [2.05, 4.69) is 25.6 Å². The Bertz CT molecular complexity index is 1840. The van der Waals surface area contributed by atoms with Crippen LogP contribution in [-0.2, 0) is 6.42 Å². The molecule has 5 rings (SSSR count). The molecule has 3 aromatic heterocycles. The van der Waals surface area contributed by atoms with Crippen LogP contribution in [0.4, 0.5) is 14.6 Å². The highest BCUT2D eigenvalue weighted by Gasteiger charge is 2.36. The Hall–Kier alpha value is -4.97. The number of benzene rings is 2. The van der Waals surface area contributed by atoms with Crippen LogP contribution in [0.15, 0.2) is 71.8 Å². The predicted molar refractivity (Wildman–Crippen MR) is 152 cm³/mol. The fourth-order valence-corrected chi connectivity index (χ4v) is 4.07. The average Bonchev–Trinajstić information content (AvgIpc) is 3.33. The van der Waals surface area contributed by atoms with E-state index in [1.165, 1.54) is 54.9 Å². The van der Waals surface area contributed by atoms with E-state index >= 15 is 4.39 Å². The molecule has 0 amide bonds. The second-order valence-electron chi connectivity index (χ2n) is 10.8. The van der Waals surface area contributed by atoms with E-state index in [9.17, 15) is 19.1 Å². The van der Waals surface area contributed by atoms with Gasteiger partial charge in [0.2, 0.25) is 0 Å². The third-order valence-corrected chi connectivity index (χ3v) is 7.18. The van der Waals surface area contributed by atoms with E-state index < -0.39 is 34.1 Å². The third-order valence-electron chi connectivity index (χ3n) is 7.18. The first-order valence-electron chi connectivity index (χ1n) is 13.0. The van der Waals surface area contributed by atoms with Crippen LogP contribution in [-0.4, -0.2) is 47.0 Å². The van der Waals surface area contributed by atoms with Gasteiger partial charge in [-0.3, -0.25) is 14.7 Å². The molecule has 2 aromatic carbocycles. The lowest BCUT2D eigenvalue weighted by Crippen LogP contribution is -2.51. The van der Waals surface area contributed by atoms with Crippen LogP contribution in [0.5, 0.6) is 11.5 Å². The zero-order valence-electron chi connectivity index (χ0n) is 23.3. The van der Waals surface area contributed by atoms with Crippen LogP contribution in [0.3, 0.4) is 0 Å². The van der Waals surface area contributed by atoms with Gasteiger partial charge < -0.3 is 15.2 Å². The first kappa shape index (κ1) is 28.6. The predicted octanol–water partition coefficient (Wildman–Crippen LogP) is 4.96. The van der Waals surface area contributed by atoms with Crippen molar-refractivity contribution in [1.29, 1.82) is 0 Å². The number of nitrogens with one attached hydrogen (secondary N) is 2. The second kappa shape index (κ2) is 10.8. The van der Waals surface area contributed by atoms with E-state index in [-0.39, 0.29) is 23.5 Å². The Morgan fingerprint density at radius 2 is 1.76 bits per heavy atom. The van der Waals surface area contributed by atoms with E-state index in [0.717, 1.165) is 10.7 Å². The van der Waals surface area contributed by atoms with Crippen molar-refractivity contribution < 1.29 is 23.4 Å². The van der Waals surface area contributed by atoms with E-state index in [0.29, 0.717) is 28.1 Å². The number of rotatable bonds is 9. The second-order valence-corrected chi connectivity index (χ2v) is 10.8. The van der Waals surface area contributed by atoms with Gasteiger partial charge in [0.25, 0.3) is 5.56 Å². The van der Waals surface area contributed by atoms with E-state index in [4.69, 9.17) is 4.74 Å². The van der Waals surface area contributed by atoms with Crippen LogP contribution in [0, 0.1) is 11.6 Å². The summed E-state index contributed by atoms with van der Waals surface area (Å²) in [6.07, 6.45) is 2.53. The molecule has 42 heavy (non-hydrogen) atoms. The number of aliphatic hydroxyl groups is 1. The molecule has 0 atom stereocenters. The van der Waals surface area contributed by atoms with E-state index in [1.54, 1.807) is 19.9 Å². The number of hydrogen-bond donors (Lipinski definition) is 3. The van der Waals surface area contributed by atoms with Gasteiger partial charge in [-0.25, -0.2) is 13.8 Å². The third kappa shape index (κ3) is 5.61. The summed E-state index contributed by atoms with van der Waals surface area (Å²) < 4.78 is 35.4. The number of anilines is 1. The maximum Gasteiger partial charge on any atom is 0.282 e. The maximum absolute atomic E-state index is 15.2. The van der Waals surface area contributed by atoms with Crippen molar-refractivity contribution in [1.82, 2.24) is 25.0 Å². The molecule has 0 saturated heterocycles. The number of H-pyrrole nitrogens is 1. The summed E-state index contributed by atoms with van der Waals surface area (Å²) in [6, 6.07) is 12.1. The summed E-state index contributed by atoms with van der Waals surface area (Å²) in [7, 11) is 0. The number of carbonyl (C=O) groups excluding carboxylic acids is 1. The number of aromatic amines is 1. The van der Waals surface area contributed by atoms with Crippen LogP contribution in [0.25, 0.3) is 16.7 Å². The first-order chi connectivity index (χ1) is 19.8.